The van der Waals surface area contributed by atoms with E-state index >= 15 is 0 Å². The largest absolute Gasteiger partial charge is 0.360 e. The van der Waals surface area contributed by atoms with Gasteiger partial charge in [-0.2, -0.15) is 0 Å². The number of benzene rings is 2. The van der Waals surface area contributed by atoms with E-state index in [1.165, 1.54) is 0 Å². The molecule has 8 rings (SSSR count). The summed E-state index contributed by atoms with van der Waals surface area (Å²) in [6.07, 6.45) is 7.40. The molecular weight excluding hydrogens is 456 g/mol. The van der Waals surface area contributed by atoms with E-state index in [4.69, 9.17) is 4.74 Å². The third-order valence-electron chi connectivity index (χ3n) is 9.98. The first kappa shape index (κ1) is 19.4. The maximum atomic E-state index is 14.1. The van der Waals surface area contributed by atoms with Crippen LogP contribution in [0.15, 0.2) is 82.6 Å². The Kier molecular flexibility index (Phi) is 3.21. The second-order valence-corrected chi connectivity index (χ2v) is 15.1. The molecule has 5 aliphatic carbocycles. The van der Waals surface area contributed by atoms with Crippen molar-refractivity contribution in [1.82, 2.24) is 0 Å². The summed E-state index contributed by atoms with van der Waals surface area (Å²) in [5.74, 6) is -0.153. The SMILES string of the molecule is O=S(=O)(c1ccccc1)[C@@H]1[C@H](S(=O)(=O)c2ccccc2)[C@@H]2C[C@H]1[C@@]13O[C@@]21[C@H]1C=C[C@@H]3C12CC2. The lowest BCUT2D eigenvalue weighted by Gasteiger charge is -2.36. The van der Waals surface area contributed by atoms with Crippen LogP contribution >= 0.6 is 0 Å². The molecule has 8 atom stereocenters. The molecule has 33 heavy (non-hydrogen) atoms. The summed E-state index contributed by atoms with van der Waals surface area (Å²) < 4.78 is 63.1. The van der Waals surface area contributed by atoms with Gasteiger partial charge in [0.15, 0.2) is 19.7 Å². The summed E-state index contributed by atoms with van der Waals surface area (Å²) in [6.45, 7) is 0. The van der Waals surface area contributed by atoms with Crippen LogP contribution in [-0.4, -0.2) is 38.5 Å². The van der Waals surface area contributed by atoms with E-state index in [2.05, 4.69) is 12.2 Å². The number of hydrogen-bond acceptors (Lipinski definition) is 5. The van der Waals surface area contributed by atoms with Gasteiger partial charge < -0.3 is 4.74 Å². The summed E-state index contributed by atoms with van der Waals surface area (Å²) in [5.41, 5.74) is -0.812. The van der Waals surface area contributed by atoms with Crippen LogP contribution in [0.3, 0.4) is 0 Å². The molecule has 0 amide bonds. The number of sulfone groups is 2. The fraction of sp³-hybridized carbons (Fsp3) is 0.462. The summed E-state index contributed by atoms with van der Waals surface area (Å²) in [4.78, 5) is 0.414. The lowest BCUT2D eigenvalue weighted by molar-refractivity contribution is 0.0515. The van der Waals surface area contributed by atoms with Crippen molar-refractivity contribution in [3.63, 3.8) is 0 Å². The van der Waals surface area contributed by atoms with Crippen molar-refractivity contribution < 1.29 is 21.6 Å². The van der Waals surface area contributed by atoms with Gasteiger partial charge in [0, 0.05) is 23.7 Å². The van der Waals surface area contributed by atoms with Gasteiger partial charge in [-0.25, -0.2) is 16.8 Å². The van der Waals surface area contributed by atoms with E-state index < -0.39 is 41.4 Å². The maximum absolute atomic E-state index is 14.1. The van der Waals surface area contributed by atoms with E-state index in [1.54, 1.807) is 60.7 Å². The van der Waals surface area contributed by atoms with Crippen LogP contribution in [0.25, 0.3) is 0 Å². The van der Waals surface area contributed by atoms with Crippen LogP contribution in [0.2, 0.25) is 0 Å². The second-order valence-electron chi connectivity index (χ2n) is 10.9. The Labute approximate surface area is 193 Å². The highest BCUT2D eigenvalue weighted by Crippen LogP contribution is 2.91. The minimum atomic E-state index is -3.88. The Morgan fingerprint density at radius 2 is 1.09 bits per heavy atom. The van der Waals surface area contributed by atoms with Crippen LogP contribution in [0.4, 0.5) is 0 Å². The molecule has 1 saturated heterocycles. The van der Waals surface area contributed by atoms with E-state index in [0.29, 0.717) is 6.42 Å². The zero-order chi connectivity index (χ0) is 22.4. The van der Waals surface area contributed by atoms with Crippen molar-refractivity contribution in [3.8, 4) is 0 Å². The summed E-state index contributed by atoms with van der Waals surface area (Å²) >= 11 is 0. The Morgan fingerprint density at radius 3 is 1.48 bits per heavy atom. The smallest absolute Gasteiger partial charge is 0.182 e. The predicted octanol–water partition coefficient (Wildman–Crippen LogP) is 3.42. The molecule has 1 aliphatic heterocycles. The quantitative estimate of drug-likeness (QED) is 0.495. The Balaban J connectivity index is 1.35. The van der Waals surface area contributed by atoms with Gasteiger partial charge in [-0.1, -0.05) is 48.6 Å². The summed E-state index contributed by atoms with van der Waals surface area (Å²) in [7, 11) is -7.76. The highest BCUT2D eigenvalue weighted by atomic mass is 32.2. The first-order valence-corrected chi connectivity index (χ1v) is 14.9. The molecule has 0 aromatic heterocycles. The van der Waals surface area contributed by atoms with Crippen molar-refractivity contribution >= 4 is 19.7 Å². The third-order valence-corrected chi connectivity index (χ3v) is 14.7. The number of fused-ring (bicyclic) bond motifs is 2. The molecule has 5 fully saturated rings. The average molecular weight is 481 g/mol. The van der Waals surface area contributed by atoms with E-state index in [1.807, 2.05) is 0 Å². The first-order valence-electron chi connectivity index (χ1n) is 11.8. The van der Waals surface area contributed by atoms with Crippen molar-refractivity contribution in [2.24, 2.45) is 29.1 Å². The molecule has 7 heteroatoms. The van der Waals surface area contributed by atoms with Gasteiger partial charge in [0.1, 0.15) is 11.2 Å². The molecule has 5 nitrogen and oxygen atoms in total. The monoisotopic (exact) mass is 480 g/mol. The van der Waals surface area contributed by atoms with E-state index in [-0.39, 0.29) is 38.9 Å². The Bertz CT molecular complexity index is 1340. The normalized spacial score (nSPS) is 44.7. The first-order chi connectivity index (χ1) is 15.8. The molecular formula is C26H24O5S2. The van der Waals surface area contributed by atoms with Crippen molar-refractivity contribution in [2.45, 2.75) is 50.8 Å². The van der Waals surface area contributed by atoms with E-state index in [9.17, 15) is 16.8 Å². The minimum Gasteiger partial charge on any atom is -0.360 e. The van der Waals surface area contributed by atoms with Gasteiger partial charge in [0.2, 0.25) is 0 Å². The van der Waals surface area contributed by atoms with Crippen LogP contribution < -0.4 is 0 Å². The van der Waals surface area contributed by atoms with Gasteiger partial charge in [0.05, 0.1) is 20.3 Å². The van der Waals surface area contributed by atoms with Gasteiger partial charge >= 0.3 is 0 Å². The average Bonchev–Trinajstić information content (AvgIpc) is 3.61. The van der Waals surface area contributed by atoms with Crippen LogP contribution in [0, 0.1) is 29.1 Å². The molecule has 1 heterocycles. The zero-order valence-electron chi connectivity index (χ0n) is 17.9. The molecule has 0 N–H and O–H groups in total. The van der Waals surface area contributed by atoms with Crippen LogP contribution in [-0.2, 0) is 24.4 Å². The Morgan fingerprint density at radius 1 is 0.667 bits per heavy atom. The third kappa shape index (κ3) is 1.85. The standard InChI is InChI=1S/C26H24O5S2/c27-32(28,16-7-3-1-4-8-16)22-18-15-19(23(22)33(29,30)17-9-5-2-6-10-17)26-21-12-11-20(24(21)13-14-24)25(18,26)31-26/h1-12,18-23H,13-15H2/t18-,19+,20-,21+,22+,23-,25+,26-. The lowest BCUT2D eigenvalue weighted by atomic mass is 9.73. The number of hydrogen-bond donors (Lipinski definition) is 0. The molecule has 0 radical (unpaired) electrons. The van der Waals surface area contributed by atoms with Crippen molar-refractivity contribution in [3.05, 3.63) is 72.8 Å². The van der Waals surface area contributed by atoms with Gasteiger partial charge in [-0.3, -0.25) is 0 Å². The highest BCUT2D eigenvalue weighted by molar-refractivity contribution is 7.96. The maximum Gasteiger partial charge on any atom is 0.182 e. The van der Waals surface area contributed by atoms with Gasteiger partial charge in [-0.05, 0) is 48.9 Å². The zero-order valence-corrected chi connectivity index (χ0v) is 19.5. The predicted molar refractivity (Wildman–Crippen MR) is 121 cm³/mol. The topological polar surface area (TPSA) is 80.8 Å². The van der Waals surface area contributed by atoms with Crippen LogP contribution in [0.5, 0.6) is 0 Å². The fourth-order valence-electron chi connectivity index (χ4n) is 8.92. The number of epoxide rings is 1. The molecule has 4 saturated carbocycles. The highest BCUT2D eigenvalue weighted by Gasteiger charge is 2.99. The summed E-state index contributed by atoms with van der Waals surface area (Å²) in [6, 6.07) is 16.8. The molecule has 170 valence electrons. The molecule has 2 aromatic carbocycles. The van der Waals surface area contributed by atoms with Crippen molar-refractivity contribution in [2.75, 3.05) is 0 Å². The van der Waals surface area contributed by atoms with Crippen LogP contribution in [0.1, 0.15) is 19.3 Å². The van der Waals surface area contributed by atoms with E-state index in [0.717, 1.165) is 12.8 Å². The molecule has 2 aromatic rings. The second kappa shape index (κ2) is 5.47. The minimum absolute atomic E-state index is 0.182. The van der Waals surface area contributed by atoms with Crippen molar-refractivity contribution in [1.29, 1.82) is 0 Å². The lowest BCUT2D eigenvalue weighted by Crippen LogP contribution is -2.54. The molecule has 1 spiro atoms. The molecule has 4 bridgehead atoms. The fourth-order valence-corrected chi connectivity index (χ4v) is 14.1. The Hall–Kier alpha value is -1.96. The number of rotatable bonds is 4. The molecule has 6 aliphatic rings. The van der Waals surface area contributed by atoms with Gasteiger partial charge in [0.25, 0.3) is 0 Å². The van der Waals surface area contributed by atoms with Gasteiger partial charge in [-0.15, -0.1) is 0 Å². The number of ether oxygens (including phenoxy) is 1. The molecule has 0 unspecified atom stereocenters. The summed E-state index contributed by atoms with van der Waals surface area (Å²) in [5, 5.41) is -1.98.